The number of amides is 2. The van der Waals surface area contributed by atoms with Crippen molar-refractivity contribution in [3.05, 3.63) is 34.6 Å². The van der Waals surface area contributed by atoms with Gasteiger partial charge in [0.1, 0.15) is 10.8 Å². The Morgan fingerprint density at radius 3 is 2.71 bits per heavy atom. The summed E-state index contributed by atoms with van der Waals surface area (Å²) >= 11 is 1.33. The van der Waals surface area contributed by atoms with Crippen LogP contribution >= 0.6 is 11.3 Å². The SMILES string of the molecule is CCCCCc1nnc(NC(=O)c2ccc(F)c(NC(C)=O)c2)s1. The number of aromatic nitrogens is 2. The van der Waals surface area contributed by atoms with Crippen LogP contribution in [0.5, 0.6) is 0 Å². The lowest BCUT2D eigenvalue weighted by Gasteiger charge is -2.06. The maximum Gasteiger partial charge on any atom is 0.257 e. The van der Waals surface area contributed by atoms with Crippen LogP contribution in [0.15, 0.2) is 18.2 Å². The molecule has 0 atom stereocenters. The van der Waals surface area contributed by atoms with E-state index in [4.69, 9.17) is 0 Å². The van der Waals surface area contributed by atoms with E-state index in [9.17, 15) is 14.0 Å². The first kappa shape index (κ1) is 18.0. The van der Waals surface area contributed by atoms with Gasteiger partial charge < -0.3 is 5.32 Å². The number of nitrogens with zero attached hydrogens (tertiary/aromatic N) is 2. The molecular weight excluding hydrogens is 331 g/mol. The Balaban J connectivity index is 2.03. The zero-order valence-electron chi connectivity index (χ0n) is 13.6. The van der Waals surface area contributed by atoms with Gasteiger partial charge in [0, 0.05) is 18.9 Å². The van der Waals surface area contributed by atoms with E-state index >= 15 is 0 Å². The van der Waals surface area contributed by atoms with Gasteiger partial charge in [-0.25, -0.2) is 4.39 Å². The molecule has 0 saturated heterocycles. The number of unbranched alkanes of at least 4 members (excludes halogenated alkanes) is 2. The number of hydrogen-bond donors (Lipinski definition) is 2. The minimum atomic E-state index is -0.601. The first-order valence-corrected chi connectivity index (χ1v) is 8.52. The molecule has 128 valence electrons. The van der Waals surface area contributed by atoms with Crippen molar-refractivity contribution >= 4 is 34.0 Å². The van der Waals surface area contributed by atoms with E-state index in [0.29, 0.717) is 5.13 Å². The molecule has 0 unspecified atom stereocenters. The molecule has 0 aliphatic carbocycles. The zero-order chi connectivity index (χ0) is 17.5. The van der Waals surface area contributed by atoms with Crippen LogP contribution in [0, 0.1) is 5.82 Å². The highest BCUT2D eigenvalue weighted by Gasteiger charge is 2.13. The Morgan fingerprint density at radius 2 is 2.00 bits per heavy atom. The lowest BCUT2D eigenvalue weighted by Crippen LogP contribution is -2.14. The van der Waals surface area contributed by atoms with Crippen molar-refractivity contribution < 1.29 is 14.0 Å². The van der Waals surface area contributed by atoms with E-state index in [1.54, 1.807) is 0 Å². The number of carbonyl (C=O) groups excluding carboxylic acids is 2. The quantitative estimate of drug-likeness (QED) is 0.747. The third-order valence-electron chi connectivity index (χ3n) is 3.22. The third-order valence-corrected chi connectivity index (χ3v) is 4.12. The van der Waals surface area contributed by atoms with Gasteiger partial charge in [-0.15, -0.1) is 10.2 Å². The summed E-state index contributed by atoms with van der Waals surface area (Å²) in [4.78, 5) is 23.3. The fourth-order valence-electron chi connectivity index (χ4n) is 2.05. The second-order valence-electron chi connectivity index (χ2n) is 5.29. The van der Waals surface area contributed by atoms with Gasteiger partial charge in [-0.05, 0) is 24.6 Å². The lowest BCUT2D eigenvalue weighted by molar-refractivity contribution is -0.114. The van der Waals surface area contributed by atoms with E-state index in [1.165, 1.54) is 30.4 Å². The molecule has 2 amide bonds. The van der Waals surface area contributed by atoms with E-state index in [-0.39, 0.29) is 11.3 Å². The molecule has 0 fully saturated rings. The topological polar surface area (TPSA) is 84.0 Å². The number of aryl methyl sites for hydroxylation is 1. The summed E-state index contributed by atoms with van der Waals surface area (Å²) < 4.78 is 13.6. The first-order chi connectivity index (χ1) is 11.5. The van der Waals surface area contributed by atoms with E-state index < -0.39 is 17.6 Å². The maximum absolute atomic E-state index is 13.6. The number of carbonyl (C=O) groups is 2. The average Bonchev–Trinajstić information content (AvgIpc) is 2.96. The summed E-state index contributed by atoms with van der Waals surface area (Å²) in [7, 11) is 0. The molecule has 2 aromatic rings. The Bertz CT molecular complexity index is 733. The van der Waals surface area contributed by atoms with E-state index in [2.05, 4.69) is 27.8 Å². The van der Waals surface area contributed by atoms with Crippen LogP contribution in [-0.2, 0) is 11.2 Å². The molecule has 2 N–H and O–H groups in total. The fourth-order valence-corrected chi connectivity index (χ4v) is 2.83. The summed E-state index contributed by atoms with van der Waals surface area (Å²) in [5.74, 6) is -1.44. The molecule has 6 nitrogen and oxygen atoms in total. The third kappa shape index (κ3) is 5.09. The first-order valence-electron chi connectivity index (χ1n) is 7.70. The molecule has 0 radical (unpaired) electrons. The molecular formula is C16H19FN4O2S. The highest BCUT2D eigenvalue weighted by atomic mass is 32.1. The summed E-state index contributed by atoms with van der Waals surface area (Å²) in [6, 6.07) is 3.77. The van der Waals surface area contributed by atoms with Gasteiger partial charge in [0.15, 0.2) is 0 Å². The van der Waals surface area contributed by atoms with Crippen LogP contribution in [0.25, 0.3) is 0 Å². The number of nitrogens with one attached hydrogen (secondary N) is 2. The van der Waals surface area contributed by atoms with Crippen LogP contribution < -0.4 is 10.6 Å². The zero-order valence-corrected chi connectivity index (χ0v) is 14.4. The van der Waals surface area contributed by atoms with Crippen LogP contribution in [-0.4, -0.2) is 22.0 Å². The maximum atomic E-state index is 13.6. The normalized spacial score (nSPS) is 10.5. The van der Waals surface area contributed by atoms with Crippen molar-refractivity contribution in [2.45, 2.75) is 39.5 Å². The standard InChI is InChI=1S/C16H19FN4O2S/c1-3-4-5-6-14-20-21-16(24-14)19-15(23)11-7-8-12(17)13(9-11)18-10(2)22/h7-9H,3-6H2,1-2H3,(H,18,22)(H,19,21,23). The van der Waals surface area contributed by atoms with Crippen molar-refractivity contribution in [3.8, 4) is 0 Å². The molecule has 1 aromatic heterocycles. The smallest absolute Gasteiger partial charge is 0.257 e. The predicted molar refractivity (Wildman–Crippen MR) is 91.8 cm³/mol. The molecule has 24 heavy (non-hydrogen) atoms. The number of halogens is 1. The molecule has 0 saturated carbocycles. The monoisotopic (exact) mass is 350 g/mol. The van der Waals surface area contributed by atoms with Crippen LogP contribution in [0.4, 0.5) is 15.2 Å². The number of benzene rings is 1. The number of hydrogen-bond acceptors (Lipinski definition) is 5. The Morgan fingerprint density at radius 1 is 1.21 bits per heavy atom. The summed E-state index contributed by atoms with van der Waals surface area (Å²) in [6.07, 6.45) is 4.13. The highest BCUT2D eigenvalue weighted by Crippen LogP contribution is 2.20. The Labute approximate surface area is 143 Å². The van der Waals surface area contributed by atoms with Gasteiger partial charge in [0.25, 0.3) is 5.91 Å². The molecule has 0 aliphatic rings. The van der Waals surface area contributed by atoms with E-state index in [1.807, 2.05) is 0 Å². The molecule has 8 heteroatoms. The predicted octanol–water partition coefficient (Wildman–Crippen LogP) is 3.62. The van der Waals surface area contributed by atoms with Crippen molar-refractivity contribution in [2.24, 2.45) is 0 Å². The molecule has 1 aromatic carbocycles. The van der Waals surface area contributed by atoms with E-state index in [0.717, 1.165) is 36.8 Å². The molecule has 0 spiro atoms. The summed E-state index contributed by atoms with van der Waals surface area (Å²) in [6.45, 7) is 3.40. The van der Waals surface area contributed by atoms with Crippen LogP contribution in [0.3, 0.4) is 0 Å². The van der Waals surface area contributed by atoms with Crippen molar-refractivity contribution in [3.63, 3.8) is 0 Å². The van der Waals surface area contributed by atoms with Crippen LogP contribution in [0.1, 0.15) is 48.5 Å². The summed E-state index contributed by atoms with van der Waals surface area (Å²) in [5.41, 5.74) is 0.190. The Hall–Kier alpha value is -2.35. The van der Waals surface area contributed by atoms with Crippen molar-refractivity contribution in [1.82, 2.24) is 10.2 Å². The van der Waals surface area contributed by atoms with Gasteiger partial charge in [-0.3, -0.25) is 14.9 Å². The second kappa shape index (κ2) is 8.49. The Kier molecular flexibility index (Phi) is 6.36. The van der Waals surface area contributed by atoms with Gasteiger partial charge in [0.2, 0.25) is 11.0 Å². The molecule has 0 bridgehead atoms. The molecule has 2 rings (SSSR count). The van der Waals surface area contributed by atoms with Crippen molar-refractivity contribution in [1.29, 1.82) is 0 Å². The van der Waals surface area contributed by atoms with Crippen LogP contribution in [0.2, 0.25) is 0 Å². The van der Waals surface area contributed by atoms with Gasteiger partial charge in [-0.1, -0.05) is 31.1 Å². The molecule has 0 aliphatic heterocycles. The van der Waals surface area contributed by atoms with Gasteiger partial charge in [-0.2, -0.15) is 0 Å². The number of anilines is 2. The average molecular weight is 350 g/mol. The highest BCUT2D eigenvalue weighted by molar-refractivity contribution is 7.15. The minimum absolute atomic E-state index is 0.0346. The minimum Gasteiger partial charge on any atom is -0.324 e. The summed E-state index contributed by atoms with van der Waals surface area (Å²) in [5, 5.41) is 14.2. The number of rotatable bonds is 7. The van der Waals surface area contributed by atoms with Gasteiger partial charge >= 0.3 is 0 Å². The molecule has 1 heterocycles. The second-order valence-corrected chi connectivity index (χ2v) is 6.35. The largest absolute Gasteiger partial charge is 0.324 e. The van der Waals surface area contributed by atoms with Crippen molar-refractivity contribution in [2.75, 3.05) is 10.6 Å². The fraction of sp³-hybridized carbons (Fsp3) is 0.375. The van der Waals surface area contributed by atoms with Gasteiger partial charge in [0.05, 0.1) is 5.69 Å². The lowest BCUT2D eigenvalue weighted by atomic mass is 10.2.